The van der Waals surface area contributed by atoms with Crippen LogP contribution in [0.2, 0.25) is 5.02 Å². The van der Waals surface area contributed by atoms with Crippen molar-refractivity contribution >= 4 is 27.3 Å². The topological polar surface area (TPSA) is 46.2 Å². The Morgan fingerprint density at radius 3 is 2.18 bits per heavy atom. The molecular weight excluding hydrogens is 339 g/mol. The molecular formula is C14H11ClF3NO2S. The van der Waals surface area contributed by atoms with Crippen LogP contribution in [0.1, 0.15) is 11.1 Å². The summed E-state index contributed by atoms with van der Waals surface area (Å²) in [6.07, 6.45) is -4.73. The predicted octanol–water partition coefficient (Wildman–Crippen LogP) is 4.47. The number of aryl methyl sites for hydroxylation is 1. The molecule has 2 aromatic carbocycles. The maximum atomic E-state index is 12.8. The second-order valence-corrected chi connectivity index (χ2v) is 6.70. The fraction of sp³-hybridized carbons (Fsp3) is 0.143. The maximum absolute atomic E-state index is 12.8. The molecule has 0 aliphatic heterocycles. The van der Waals surface area contributed by atoms with Gasteiger partial charge in [0.05, 0.1) is 15.5 Å². The van der Waals surface area contributed by atoms with E-state index in [1.807, 2.05) is 6.92 Å². The lowest BCUT2D eigenvalue weighted by Crippen LogP contribution is -2.15. The van der Waals surface area contributed by atoms with Crippen LogP contribution in [-0.4, -0.2) is 8.42 Å². The van der Waals surface area contributed by atoms with Crippen LogP contribution in [0.5, 0.6) is 0 Å². The highest BCUT2D eigenvalue weighted by atomic mass is 35.5. The first-order valence-electron chi connectivity index (χ1n) is 6.06. The van der Waals surface area contributed by atoms with E-state index in [1.165, 1.54) is 12.1 Å². The molecule has 0 saturated carbocycles. The quantitative estimate of drug-likeness (QED) is 0.888. The second kappa shape index (κ2) is 5.81. The van der Waals surface area contributed by atoms with Crippen LogP contribution in [0.25, 0.3) is 0 Å². The van der Waals surface area contributed by atoms with Gasteiger partial charge >= 0.3 is 6.18 Å². The molecule has 2 aromatic rings. The molecule has 3 nitrogen and oxygen atoms in total. The Labute approximate surface area is 130 Å². The first kappa shape index (κ1) is 16.6. The van der Waals surface area contributed by atoms with Crippen LogP contribution >= 0.6 is 11.6 Å². The lowest BCUT2D eigenvalue weighted by molar-refractivity contribution is -0.137. The van der Waals surface area contributed by atoms with Gasteiger partial charge in [0.25, 0.3) is 10.0 Å². The van der Waals surface area contributed by atoms with Crippen LogP contribution in [-0.2, 0) is 16.2 Å². The molecule has 118 valence electrons. The highest BCUT2D eigenvalue weighted by Crippen LogP contribution is 2.36. The van der Waals surface area contributed by atoms with Crippen molar-refractivity contribution in [2.45, 2.75) is 18.0 Å². The van der Waals surface area contributed by atoms with Crippen molar-refractivity contribution in [1.82, 2.24) is 0 Å². The van der Waals surface area contributed by atoms with E-state index in [2.05, 4.69) is 4.72 Å². The van der Waals surface area contributed by atoms with Gasteiger partial charge in [-0.05, 0) is 37.3 Å². The van der Waals surface area contributed by atoms with Crippen LogP contribution in [0.15, 0.2) is 47.4 Å². The van der Waals surface area contributed by atoms with Crippen molar-refractivity contribution < 1.29 is 21.6 Å². The predicted molar refractivity (Wildman–Crippen MR) is 78.4 cm³/mol. The number of anilines is 1. The average Bonchev–Trinajstić information content (AvgIpc) is 2.40. The zero-order valence-corrected chi connectivity index (χ0v) is 12.9. The fourth-order valence-corrected chi connectivity index (χ4v) is 3.03. The highest BCUT2D eigenvalue weighted by molar-refractivity contribution is 7.92. The monoisotopic (exact) mass is 349 g/mol. The molecule has 0 saturated heterocycles. The Hall–Kier alpha value is -1.73. The van der Waals surface area contributed by atoms with Crippen molar-refractivity contribution in [1.29, 1.82) is 0 Å². The molecule has 0 unspecified atom stereocenters. The molecule has 0 radical (unpaired) electrons. The molecule has 1 N–H and O–H groups in total. The zero-order valence-electron chi connectivity index (χ0n) is 11.3. The number of hydrogen-bond donors (Lipinski definition) is 1. The lowest BCUT2D eigenvalue weighted by Gasteiger charge is -2.12. The fourth-order valence-electron chi connectivity index (χ4n) is 1.72. The SMILES string of the molecule is Cc1ccc(NS(=O)(=O)c2ccc(Cl)c(C(F)(F)F)c2)cc1. The van der Waals surface area contributed by atoms with Gasteiger partial charge in [0.15, 0.2) is 0 Å². The number of benzene rings is 2. The lowest BCUT2D eigenvalue weighted by atomic mass is 10.2. The normalized spacial score (nSPS) is 12.2. The summed E-state index contributed by atoms with van der Waals surface area (Å²) in [6.45, 7) is 1.83. The van der Waals surface area contributed by atoms with Crippen LogP contribution < -0.4 is 4.72 Å². The first-order valence-corrected chi connectivity index (χ1v) is 7.92. The Kier molecular flexibility index (Phi) is 4.39. The number of rotatable bonds is 3. The molecule has 0 aromatic heterocycles. The van der Waals surface area contributed by atoms with Gasteiger partial charge in [0.1, 0.15) is 0 Å². The van der Waals surface area contributed by atoms with Gasteiger partial charge in [-0.1, -0.05) is 29.3 Å². The van der Waals surface area contributed by atoms with Gasteiger partial charge in [-0.15, -0.1) is 0 Å². The van der Waals surface area contributed by atoms with Gasteiger partial charge in [0.2, 0.25) is 0 Å². The van der Waals surface area contributed by atoms with Gasteiger partial charge < -0.3 is 0 Å². The van der Waals surface area contributed by atoms with E-state index in [4.69, 9.17) is 11.6 Å². The van der Waals surface area contributed by atoms with E-state index in [1.54, 1.807) is 12.1 Å². The van der Waals surface area contributed by atoms with Gasteiger partial charge in [-0.25, -0.2) is 8.42 Å². The molecule has 8 heteroatoms. The molecule has 0 atom stereocenters. The van der Waals surface area contributed by atoms with Crippen LogP contribution in [0, 0.1) is 6.92 Å². The van der Waals surface area contributed by atoms with E-state index in [0.717, 1.165) is 17.7 Å². The first-order chi connectivity index (χ1) is 10.1. The Balaban J connectivity index is 2.39. The number of alkyl halides is 3. The van der Waals surface area contributed by atoms with Crippen molar-refractivity contribution in [2.24, 2.45) is 0 Å². The van der Waals surface area contributed by atoms with E-state index in [-0.39, 0.29) is 5.69 Å². The number of halogens is 4. The van der Waals surface area contributed by atoms with Crippen LogP contribution in [0.4, 0.5) is 18.9 Å². The molecule has 0 amide bonds. The smallest absolute Gasteiger partial charge is 0.280 e. The second-order valence-electron chi connectivity index (χ2n) is 4.61. The summed E-state index contributed by atoms with van der Waals surface area (Å²) >= 11 is 5.47. The summed E-state index contributed by atoms with van der Waals surface area (Å²) < 4.78 is 64.9. The molecule has 2 rings (SSSR count). The Morgan fingerprint density at radius 2 is 1.64 bits per heavy atom. The molecule has 0 aliphatic carbocycles. The van der Waals surface area contributed by atoms with E-state index in [0.29, 0.717) is 6.07 Å². The number of hydrogen-bond acceptors (Lipinski definition) is 2. The molecule has 0 aliphatic rings. The zero-order chi connectivity index (χ0) is 16.5. The average molecular weight is 350 g/mol. The summed E-state index contributed by atoms with van der Waals surface area (Å²) in [6, 6.07) is 8.85. The van der Waals surface area contributed by atoms with Gasteiger partial charge in [-0.2, -0.15) is 13.2 Å². The summed E-state index contributed by atoms with van der Waals surface area (Å²) in [4.78, 5) is -0.509. The third kappa shape index (κ3) is 3.72. The van der Waals surface area contributed by atoms with E-state index in [9.17, 15) is 21.6 Å². The van der Waals surface area contributed by atoms with Crippen molar-refractivity contribution in [3.63, 3.8) is 0 Å². The van der Waals surface area contributed by atoms with Gasteiger partial charge in [-0.3, -0.25) is 4.72 Å². The van der Waals surface area contributed by atoms with E-state index >= 15 is 0 Å². The highest BCUT2D eigenvalue weighted by Gasteiger charge is 2.34. The molecule has 0 bridgehead atoms. The standard InChI is InChI=1S/C14H11ClF3NO2S/c1-9-2-4-10(5-3-9)19-22(20,21)11-6-7-13(15)12(8-11)14(16,17)18/h2-8,19H,1H3. The molecule has 22 heavy (non-hydrogen) atoms. The third-order valence-corrected chi connectivity index (χ3v) is 4.57. The molecule has 0 fully saturated rings. The molecule has 0 heterocycles. The summed E-state index contributed by atoms with van der Waals surface area (Å²) in [5.41, 5.74) is -0.0103. The number of sulfonamides is 1. The molecule has 0 spiro atoms. The summed E-state index contributed by atoms with van der Waals surface area (Å²) in [7, 11) is -4.13. The number of nitrogens with one attached hydrogen (secondary N) is 1. The minimum atomic E-state index is -4.73. The maximum Gasteiger partial charge on any atom is 0.417 e. The Morgan fingerprint density at radius 1 is 1.05 bits per heavy atom. The van der Waals surface area contributed by atoms with Gasteiger partial charge in [0, 0.05) is 5.69 Å². The Bertz CT molecular complexity index is 787. The van der Waals surface area contributed by atoms with Crippen molar-refractivity contribution in [3.8, 4) is 0 Å². The summed E-state index contributed by atoms with van der Waals surface area (Å²) in [5, 5.41) is -0.554. The van der Waals surface area contributed by atoms with Crippen molar-refractivity contribution in [3.05, 3.63) is 58.6 Å². The third-order valence-electron chi connectivity index (χ3n) is 2.86. The van der Waals surface area contributed by atoms with Crippen molar-refractivity contribution in [2.75, 3.05) is 4.72 Å². The minimum Gasteiger partial charge on any atom is -0.280 e. The van der Waals surface area contributed by atoms with E-state index < -0.39 is 31.7 Å². The summed E-state index contributed by atoms with van der Waals surface area (Å²) in [5.74, 6) is 0. The van der Waals surface area contributed by atoms with Crippen LogP contribution in [0.3, 0.4) is 0 Å². The largest absolute Gasteiger partial charge is 0.417 e. The minimum absolute atomic E-state index is 0.258.